The topological polar surface area (TPSA) is 110 Å². The molecule has 2 amide bonds. The number of carbonyl (C=O) groups excluding carboxylic acids is 2. The maximum atomic E-state index is 12.5. The third kappa shape index (κ3) is 4.94. The lowest BCUT2D eigenvalue weighted by molar-refractivity contribution is -0.119. The molecule has 0 radical (unpaired) electrons. The van der Waals surface area contributed by atoms with E-state index < -0.39 is 17.9 Å². The van der Waals surface area contributed by atoms with Crippen molar-refractivity contribution < 1.29 is 14.7 Å². The van der Waals surface area contributed by atoms with Crippen LogP contribution in [0.1, 0.15) is 21.5 Å². The van der Waals surface area contributed by atoms with Gasteiger partial charge in [-0.05, 0) is 23.3 Å². The monoisotopic (exact) mass is 364 g/mol. The Morgan fingerprint density at radius 2 is 1.78 bits per heavy atom. The molecule has 0 saturated heterocycles. The Labute approximate surface area is 156 Å². The highest BCUT2D eigenvalue weighted by atomic mass is 16.3. The van der Waals surface area contributed by atoms with Crippen molar-refractivity contribution in [2.24, 2.45) is 5.73 Å². The van der Waals surface area contributed by atoms with E-state index in [1.54, 1.807) is 23.0 Å². The van der Waals surface area contributed by atoms with Crippen molar-refractivity contribution in [3.8, 4) is 5.75 Å². The standard InChI is InChI=1S/C20H20N4O3/c21-19(26)18(10-14-6-8-17(25)9-7-14)23-20(27)16-11-22-24(13-16)12-15-4-2-1-3-5-15/h1-9,11,13,18,25H,10,12H2,(H2,21,26)(H,23,27)/t18-/m0/s1. The van der Waals surface area contributed by atoms with Crippen molar-refractivity contribution in [2.45, 2.75) is 19.0 Å². The molecule has 0 unspecified atom stereocenters. The van der Waals surface area contributed by atoms with Crippen LogP contribution in [-0.2, 0) is 17.8 Å². The summed E-state index contributed by atoms with van der Waals surface area (Å²) >= 11 is 0. The number of carbonyl (C=O) groups is 2. The normalized spacial score (nSPS) is 11.7. The van der Waals surface area contributed by atoms with Gasteiger partial charge in [0.2, 0.25) is 5.91 Å². The number of phenolic OH excluding ortho intramolecular Hbond substituents is 1. The summed E-state index contributed by atoms with van der Waals surface area (Å²) in [5, 5.41) is 16.2. The van der Waals surface area contributed by atoms with Crippen LogP contribution in [0.15, 0.2) is 67.0 Å². The SMILES string of the molecule is NC(=O)[C@H](Cc1ccc(O)cc1)NC(=O)c1cnn(Cc2ccccc2)c1. The number of benzene rings is 2. The van der Waals surface area contributed by atoms with E-state index in [9.17, 15) is 14.7 Å². The molecule has 0 spiro atoms. The lowest BCUT2D eigenvalue weighted by Crippen LogP contribution is -2.45. The van der Waals surface area contributed by atoms with Gasteiger partial charge in [-0.15, -0.1) is 0 Å². The average Bonchev–Trinajstić information content (AvgIpc) is 3.12. The summed E-state index contributed by atoms with van der Waals surface area (Å²) in [6.45, 7) is 0.543. The lowest BCUT2D eigenvalue weighted by Gasteiger charge is -2.15. The van der Waals surface area contributed by atoms with Crippen molar-refractivity contribution >= 4 is 11.8 Å². The largest absolute Gasteiger partial charge is 0.508 e. The second-order valence-corrected chi connectivity index (χ2v) is 6.21. The zero-order chi connectivity index (χ0) is 19.2. The van der Waals surface area contributed by atoms with Gasteiger partial charge in [0.1, 0.15) is 11.8 Å². The number of rotatable bonds is 7. The predicted octanol–water partition coefficient (Wildman–Crippen LogP) is 1.46. The smallest absolute Gasteiger partial charge is 0.255 e. The van der Waals surface area contributed by atoms with E-state index >= 15 is 0 Å². The molecular formula is C20H20N4O3. The van der Waals surface area contributed by atoms with Crippen LogP contribution in [0.2, 0.25) is 0 Å². The number of primary amides is 1. The van der Waals surface area contributed by atoms with Gasteiger partial charge in [0.25, 0.3) is 5.91 Å². The van der Waals surface area contributed by atoms with Crippen molar-refractivity contribution in [1.82, 2.24) is 15.1 Å². The first-order chi connectivity index (χ1) is 13.0. The molecule has 7 heteroatoms. The third-order valence-corrected chi connectivity index (χ3v) is 4.11. The van der Waals surface area contributed by atoms with Crippen molar-refractivity contribution in [1.29, 1.82) is 0 Å². The molecule has 0 fully saturated rings. The number of nitrogens with two attached hydrogens (primary N) is 1. The molecule has 0 aliphatic carbocycles. The van der Waals surface area contributed by atoms with Gasteiger partial charge in [0.15, 0.2) is 0 Å². The van der Waals surface area contributed by atoms with Crippen LogP contribution < -0.4 is 11.1 Å². The van der Waals surface area contributed by atoms with E-state index in [4.69, 9.17) is 5.73 Å². The Balaban J connectivity index is 1.65. The number of aromatic hydroxyl groups is 1. The molecule has 0 aliphatic rings. The highest BCUT2D eigenvalue weighted by molar-refractivity contribution is 5.97. The zero-order valence-electron chi connectivity index (χ0n) is 14.6. The van der Waals surface area contributed by atoms with Crippen molar-refractivity contribution in [3.63, 3.8) is 0 Å². The highest BCUT2D eigenvalue weighted by Gasteiger charge is 2.20. The quantitative estimate of drug-likeness (QED) is 0.589. The van der Waals surface area contributed by atoms with Gasteiger partial charge in [0.05, 0.1) is 18.3 Å². The Morgan fingerprint density at radius 3 is 2.44 bits per heavy atom. The Morgan fingerprint density at radius 1 is 1.07 bits per heavy atom. The predicted molar refractivity (Wildman–Crippen MR) is 100 cm³/mol. The molecular weight excluding hydrogens is 344 g/mol. The molecule has 7 nitrogen and oxygen atoms in total. The molecule has 3 aromatic rings. The van der Waals surface area contributed by atoms with Crippen LogP contribution in [0.5, 0.6) is 5.75 Å². The Kier molecular flexibility index (Phi) is 5.51. The summed E-state index contributed by atoms with van der Waals surface area (Å²) in [4.78, 5) is 24.2. The second kappa shape index (κ2) is 8.18. The molecule has 0 aliphatic heterocycles. The van der Waals surface area contributed by atoms with Gasteiger partial charge in [-0.2, -0.15) is 5.10 Å². The maximum Gasteiger partial charge on any atom is 0.255 e. The van der Waals surface area contributed by atoms with E-state index in [0.717, 1.165) is 11.1 Å². The minimum absolute atomic E-state index is 0.129. The lowest BCUT2D eigenvalue weighted by atomic mass is 10.0. The fraction of sp³-hybridized carbons (Fsp3) is 0.150. The number of hydrogen-bond acceptors (Lipinski definition) is 4. The molecule has 2 aromatic carbocycles. The van der Waals surface area contributed by atoms with Crippen LogP contribution in [0.3, 0.4) is 0 Å². The molecule has 0 saturated carbocycles. The number of aromatic nitrogens is 2. The van der Waals surface area contributed by atoms with Crippen molar-refractivity contribution in [3.05, 3.63) is 83.7 Å². The molecule has 3 rings (SSSR count). The van der Waals surface area contributed by atoms with Crippen molar-refractivity contribution in [2.75, 3.05) is 0 Å². The summed E-state index contributed by atoms with van der Waals surface area (Å²) in [6, 6.07) is 15.3. The maximum absolute atomic E-state index is 12.5. The molecule has 1 aromatic heterocycles. The summed E-state index contributed by atoms with van der Waals surface area (Å²) < 4.78 is 1.66. The van der Waals surface area contributed by atoms with Gasteiger partial charge < -0.3 is 16.2 Å². The summed E-state index contributed by atoms with van der Waals surface area (Å²) in [5.74, 6) is -0.922. The number of nitrogens with one attached hydrogen (secondary N) is 1. The van der Waals surface area contributed by atoms with E-state index in [2.05, 4.69) is 10.4 Å². The minimum atomic E-state index is -0.862. The first kappa shape index (κ1) is 18.2. The summed E-state index contributed by atoms with van der Waals surface area (Å²) in [5.41, 5.74) is 7.61. The Hall–Kier alpha value is -3.61. The minimum Gasteiger partial charge on any atom is -0.508 e. The van der Waals surface area contributed by atoms with Gasteiger partial charge in [-0.25, -0.2) is 0 Å². The van der Waals surface area contributed by atoms with Crippen LogP contribution in [-0.4, -0.2) is 32.7 Å². The number of hydrogen-bond donors (Lipinski definition) is 3. The van der Waals surface area contributed by atoms with E-state index in [1.165, 1.54) is 18.3 Å². The first-order valence-electron chi connectivity index (χ1n) is 8.46. The second-order valence-electron chi connectivity index (χ2n) is 6.21. The Bertz CT molecular complexity index is 920. The molecule has 27 heavy (non-hydrogen) atoms. The van der Waals surface area contributed by atoms with E-state index in [0.29, 0.717) is 12.1 Å². The number of nitrogens with zero attached hydrogens (tertiary/aromatic N) is 2. The zero-order valence-corrected chi connectivity index (χ0v) is 14.6. The molecule has 138 valence electrons. The summed E-state index contributed by atoms with van der Waals surface area (Å²) in [6.07, 6.45) is 3.32. The van der Waals surface area contributed by atoms with Gasteiger partial charge >= 0.3 is 0 Å². The van der Waals surface area contributed by atoms with Crippen LogP contribution in [0.4, 0.5) is 0 Å². The first-order valence-corrected chi connectivity index (χ1v) is 8.46. The highest BCUT2D eigenvalue weighted by Crippen LogP contribution is 2.12. The molecule has 1 heterocycles. The number of phenols is 1. The fourth-order valence-corrected chi connectivity index (χ4v) is 2.67. The average molecular weight is 364 g/mol. The van der Waals surface area contributed by atoms with E-state index in [1.807, 2.05) is 30.3 Å². The third-order valence-electron chi connectivity index (χ3n) is 4.11. The summed E-state index contributed by atoms with van der Waals surface area (Å²) in [7, 11) is 0. The molecule has 4 N–H and O–H groups in total. The molecule has 1 atom stereocenters. The van der Waals surface area contributed by atoms with Gasteiger partial charge in [-0.3, -0.25) is 14.3 Å². The fourth-order valence-electron chi connectivity index (χ4n) is 2.67. The number of amides is 2. The van der Waals surface area contributed by atoms with E-state index in [-0.39, 0.29) is 12.2 Å². The van der Waals surface area contributed by atoms with Crippen LogP contribution >= 0.6 is 0 Å². The van der Waals surface area contributed by atoms with Gasteiger partial charge in [-0.1, -0.05) is 42.5 Å². The van der Waals surface area contributed by atoms with Crippen LogP contribution in [0, 0.1) is 0 Å². The van der Waals surface area contributed by atoms with Crippen LogP contribution in [0.25, 0.3) is 0 Å². The van der Waals surface area contributed by atoms with Gasteiger partial charge in [0, 0.05) is 12.6 Å². The molecule has 0 bridgehead atoms.